The third-order valence-electron chi connectivity index (χ3n) is 3.29. The average molecular weight is 381 g/mol. The highest BCUT2D eigenvalue weighted by Crippen LogP contribution is 2.33. The minimum Gasteiger partial charge on any atom is -0.496 e. The number of carbonyl (C=O) groups is 2. The van der Waals surface area contributed by atoms with Gasteiger partial charge in [0, 0.05) is 0 Å². The normalized spacial score (nSPS) is 11.6. The first-order chi connectivity index (χ1) is 12.1. The zero-order valence-electron chi connectivity index (χ0n) is 14.1. The summed E-state index contributed by atoms with van der Waals surface area (Å²) in [5.74, 6) is 0.256. The van der Waals surface area contributed by atoms with E-state index in [-0.39, 0.29) is 22.9 Å². The Morgan fingerprint density at radius 3 is 2.72 bits per heavy atom. The Bertz CT molecular complexity index is 736. The Labute approximate surface area is 154 Å². The van der Waals surface area contributed by atoms with Crippen LogP contribution in [0, 0.1) is 0 Å². The number of benzene rings is 1. The van der Waals surface area contributed by atoms with E-state index in [2.05, 4.69) is 20.3 Å². The lowest BCUT2D eigenvalue weighted by Gasteiger charge is -2.12. The molecule has 1 unspecified atom stereocenters. The molecule has 134 valence electrons. The molecule has 0 bridgehead atoms. The van der Waals surface area contributed by atoms with Crippen LogP contribution in [-0.4, -0.2) is 47.3 Å². The second kappa shape index (κ2) is 9.38. The summed E-state index contributed by atoms with van der Waals surface area (Å²) < 4.78 is 9.91. The summed E-state index contributed by atoms with van der Waals surface area (Å²) in [4.78, 5) is 23.6. The van der Waals surface area contributed by atoms with E-state index in [9.17, 15) is 9.59 Å². The van der Waals surface area contributed by atoms with Crippen molar-refractivity contribution >= 4 is 40.1 Å². The van der Waals surface area contributed by atoms with Crippen molar-refractivity contribution in [3.05, 3.63) is 24.3 Å². The number of rotatable bonds is 8. The molecule has 1 N–H and O–H groups in total. The lowest BCUT2D eigenvalue weighted by atomic mass is 10.2. The molecule has 2 rings (SSSR count). The molecule has 7 nitrogen and oxygen atoms in total. The highest BCUT2D eigenvalue weighted by molar-refractivity contribution is 8.01. The maximum atomic E-state index is 12.3. The molecule has 1 aromatic carbocycles. The molecule has 0 aliphatic carbocycles. The Morgan fingerprint density at radius 2 is 2.04 bits per heavy atom. The van der Waals surface area contributed by atoms with E-state index >= 15 is 0 Å². The Hall–Kier alpha value is -2.13. The smallest absolute Gasteiger partial charge is 0.315 e. The molecule has 9 heteroatoms. The first-order valence-corrected chi connectivity index (χ1v) is 9.41. The minimum absolute atomic E-state index is 0.130. The number of amides is 1. The van der Waals surface area contributed by atoms with Crippen molar-refractivity contribution in [3.8, 4) is 16.3 Å². The first-order valence-electron chi connectivity index (χ1n) is 7.55. The zero-order valence-corrected chi connectivity index (χ0v) is 15.8. The fraction of sp³-hybridized carbons (Fsp3) is 0.375. The van der Waals surface area contributed by atoms with Gasteiger partial charge >= 0.3 is 5.97 Å². The molecule has 0 saturated heterocycles. The molecule has 1 heterocycles. The van der Waals surface area contributed by atoms with Gasteiger partial charge in [-0.3, -0.25) is 14.9 Å². The van der Waals surface area contributed by atoms with Gasteiger partial charge in [-0.25, -0.2) is 0 Å². The molecule has 0 saturated carbocycles. The Balaban J connectivity index is 2.04. The SMILES string of the molecule is CCC(SCC(=O)OC)C(=O)Nc1nnc(-c2ccccc2OC)s1. The van der Waals surface area contributed by atoms with E-state index in [4.69, 9.17) is 4.74 Å². The lowest BCUT2D eigenvalue weighted by Crippen LogP contribution is -2.25. The quantitative estimate of drug-likeness (QED) is 0.703. The van der Waals surface area contributed by atoms with Crippen LogP contribution >= 0.6 is 23.1 Å². The Kier molecular flexibility index (Phi) is 7.20. The minimum atomic E-state index is -0.363. The molecular weight excluding hydrogens is 362 g/mol. The van der Waals surface area contributed by atoms with E-state index in [1.807, 2.05) is 31.2 Å². The van der Waals surface area contributed by atoms with Crippen molar-refractivity contribution in [1.29, 1.82) is 0 Å². The zero-order chi connectivity index (χ0) is 18.2. The van der Waals surface area contributed by atoms with Crippen molar-refractivity contribution in [2.24, 2.45) is 0 Å². The number of nitrogens with zero attached hydrogens (tertiary/aromatic N) is 2. The standard InChI is InChI=1S/C16H19N3O4S2/c1-4-12(24-9-13(20)23-3)14(21)17-16-19-18-15(25-16)10-7-5-6-8-11(10)22-2/h5-8,12H,4,9H2,1-3H3,(H,17,19,21). The molecule has 0 radical (unpaired) electrons. The molecule has 0 spiro atoms. The number of methoxy groups -OCH3 is 2. The van der Waals surface area contributed by atoms with Gasteiger partial charge in [-0.05, 0) is 18.6 Å². The molecule has 0 aliphatic rings. The maximum Gasteiger partial charge on any atom is 0.315 e. The van der Waals surface area contributed by atoms with Crippen LogP contribution in [0.5, 0.6) is 5.75 Å². The summed E-state index contributed by atoms with van der Waals surface area (Å²) in [5, 5.41) is 11.6. The average Bonchev–Trinajstić information content (AvgIpc) is 3.10. The van der Waals surface area contributed by atoms with Crippen molar-refractivity contribution in [2.45, 2.75) is 18.6 Å². The highest BCUT2D eigenvalue weighted by Gasteiger charge is 2.20. The van der Waals surface area contributed by atoms with E-state index in [0.29, 0.717) is 22.3 Å². The molecule has 25 heavy (non-hydrogen) atoms. The van der Waals surface area contributed by atoms with Gasteiger partial charge in [0.15, 0.2) is 5.01 Å². The summed E-state index contributed by atoms with van der Waals surface area (Å²) in [6.45, 7) is 1.88. The maximum absolute atomic E-state index is 12.3. The molecular formula is C16H19N3O4S2. The van der Waals surface area contributed by atoms with Crippen molar-refractivity contribution in [2.75, 3.05) is 25.3 Å². The van der Waals surface area contributed by atoms with E-state index < -0.39 is 0 Å². The van der Waals surface area contributed by atoms with Gasteiger partial charge in [0.25, 0.3) is 0 Å². The van der Waals surface area contributed by atoms with Gasteiger partial charge in [0.2, 0.25) is 11.0 Å². The van der Waals surface area contributed by atoms with Crippen LogP contribution < -0.4 is 10.1 Å². The number of ether oxygens (including phenoxy) is 2. The topological polar surface area (TPSA) is 90.4 Å². The van der Waals surface area contributed by atoms with Crippen molar-refractivity contribution in [1.82, 2.24) is 10.2 Å². The number of hydrogen-bond acceptors (Lipinski definition) is 8. The highest BCUT2D eigenvalue weighted by atomic mass is 32.2. The predicted molar refractivity (Wildman–Crippen MR) is 99.1 cm³/mol. The van der Waals surface area contributed by atoms with Crippen LogP contribution in [0.25, 0.3) is 10.6 Å². The summed E-state index contributed by atoms with van der Waals surface area (Å²) in [6.07, 6.45) is 0.589. The third kappa shape index (κ3) is 5.17. The molecule has 2 aromatic rings. The second-order valence-corrected chi connectivity index (χ2v) is 7.05. The van der Waals surface area contributed by atoms with Crippen LogP contribution in [0.4, 0.5) is 5.13 Å². The lowest BCUT2D eigenvalue weighted by molar-refractivity contribution is -0.137. The van der Waals surface area contributed by atoms with Crippen LogP contribution in [-0.2, 0) is 14.3 Å². The molecule has 1 aromatic heterocycles. The van der Waals surface area contributed by atoms with Gasteiger partial charge in [-0.1, -0.05) is 30.4 Å². The van der Waals surface area contributed by atoms with Gasteiger partial charge < -0.3 is 9.47 Å². The number of anilines is 1. The van der Waals surface area contributed by atoms with E-state index in [1.165, 1.54) is 30.2 Å². The number of esters is 1. The molecule has 0 fully saturated rings. The largest absolute Gasteiger partial charge is 0.496 e. The summed E-state index contributed by atoms with van der Waals surface area (Å²) >= 11 is 2.51. The fourth-order valence-electron chi connectivity index (χ4n) is 2.00. The van der Waals surface area contributed by atoms with Crippen molar-refractivity contribution in [3.63, 3.8) is 0 Å². The molecule has 1 amide bonds. The third-order valence-corrected chi connectivity index (χ3v) is 5.51. The molecule has 0 aliphatic heterocycles. The summed E-state index contributed by atoms with van der Waals surface area (Å²) in [5.41, 5.74) is 0.815. The number of hydrogen-bond donors (Lipinski definition) is 1. The second-order valence-electron chi connectivity index (χ2n) is 4.89. The number of carbonyl (C=O) groups excluding carboxylic acids is 2. The first kappa shape index (κ1) is 19.2. The summed E-state index contributed by atoms with van der Waals surface area (Å²) in [7, 11) is 2.91. The molecule has 1 atom stereocenters. The predicted octanol–water partition coefficient (Wildman–Crippen LogP) is 2.84. The van der Waals surface area contributed by atoms with Gasteiger partial charge in [0.1, 0.15) is 5.75 Å². The monoisotopic (exact) mass is 381 g/mol. The van der Waals surface area contributed by atoms with E-state index in [1.54, 1.807) is 7.11 Å². The number of aromatic nitrogens is 2. The van der Waals surface area contributed by atoms with Crippen LogP contribution in [0.3, 0.4) is 0 Å². The number of para-hydroxylation sites is 1. The number of nitrogens with one attached hydrogen (secondary N) is 1. The van der Waals surface area contributed by atoms with Gasteiger partial charge in [-0.2, -0.15) is 0 Å². The van der Waals surface area contributed by atoms with E-state index in [0.717, 1.165) is 5.56 Å². The van der Waals surface area contributed by atoms with Crippen LogP contribution in [0.2, 0.25) is 0 Å². The van der Waals surface area contributed by atoms with Gasteiger partial charge in [-0.15, -0.1) is 22.0 Å². The van der Waals surface area contributed by atoms with Crippen molar-refractivity contribution < 1.29 is 19.1 Å². The number of thioether (sulfide) groups is 1. The van der Waals surface area contributed by atoms with Gasteiger partial charge in [0.05, 0.1) is 30.8 Å². The fourth-order valence-corrected chi connectivity index (χ4v) is 3.67. The Morgan fingerprint density at radius 1 is 1.28 bits per heavy atom. The van der Waals surface area contributed by atoms with Crippen LogP contribution in [0.1, 0.15) is 13.3 Å². The van der Waals surface area contributed by atoms with Crippen LogP contribution in [0.15, 0.2) is 24.3 Å². The summed E-state index contributed by atoms with van der Waals surface area (Å²) in [6, 6.07) is 7.47.